The zero-order valence-electron chi connectivity index (χ0n) is 9.49. The maximum atomic E-state index is 5.56. The van der Waals surface area contributed by atoms with E-state index in [1.54, 1.807) is 0 Å². The molecule has 0 aliphatic carbocycles. The summed E-state index contributed by atoms with van der Waals surface area (Å²) in [4.78, 5) is 0. The van der Waals surface area contributed by atoms with Gasteiger partial charge in [-0.25, -0.2) is 0 Å². The lowest BCUT2D eigenvalue weighted by Crippen LogP contribution is -2.12. The first-order valence-corrected chi connectivity index (χ1v) is 5.29. The Morgan fingerprint density at radius 1 is 1.33 bits per heavy atom. The van der Waals surface area contributed by atoms with E-state index in [9.17, 15) is 0 Å². The minimum Gasteiger partial charge on any atom is -0.491 e. The van der Waals surface area contributed by atoms with Gasteiger partial charge in [0.1, 0.15) is 5.75 Å². The van der Waals surface area contributed by atoms with Crippen LogP contribution in [0.3, 0.4) is 0 Å². The Bertz CT molecular complexity index is 290. The standard InChI is InChI=1S/C13H19NO/c1-4-9-14-10-12-5-7-13(8-6-12)15-11(2)3/h4-8,11,14H,1,9-10H2,2-3H3. The SMILES string of the molecule is C=CCNCc1ccc(OC(C)C)cc1. The van der Waals surface area contributed by atoms with Gasteiger partial charge in [0.05, 0.1) is 6.10 Å². The molecule has 0 spiro atoms. The molecule has 2 nitrogen and oxygen atoms in total. The van der Waals surface area contributed by atoms with Crippen molar-refractivity contribution in [1.82, 2.24) is 5.32 Å². The number of hydrogen-bond acceptors (Lipinski definition) is 2. The second-order valence-corrected chi connectivity index (χ2v) is 3.73. The summed E-state index contributed by atoms with van der Waals surface area (Å²) in [5.41, 5.74) is 1.26. The van der Waals surface area contributed by atoms with Crippen molar-refractivity contribution in [2.24, 2.45) is 0 Å². The molecule has 1 N–H and O–H groups in total. The Kier molecular flexibility index (Phi) is 4.91. The van der Waals surface area contributed by atoms with Gasteiger partial charge < -0.3 is 10.1 Å². The Morgan fingerprint density at radius 2 is 2.00 bits per heavy atom. The molecule has 15 heavy (non-hydrogen) atoms. The van der Waals surface area contributed by atoms with Crippen LogP contribution in [0.5, 0.6) is 5.75 Å². The van der Waals surface area contributed by atoms with Crippen molar-refractivity contribution in [2.45, 2.75) is 26.5 Å². The first kappa shape index (κ1) is 11.8. The maximum Gasteiger partial charge on any atom is 0.119 e. The molecule has 0 fully saturated rings. The van der Waals surface area contributed by atoms with Gasteiger partial charge >= 0.3 is 0 Å². The molecule has 0 aliphatic rings. The van der Waals surface area contributed by atoms with Gasteiger partial charge in [0, 0.05) is 13.1 Å². The van der Waals surface area contributed by atoms with Gasteiger partial charge in [0.15, 0.2) is 0 Å². The molecule has 1 rings (SSSR count). The molecule has 82 valence electrons. The lowest BCUT2D eigenvalue weighted by Gasteiger charge is -2.10. The van der Waals surface area contributed by atoms with E-state index in [-0.39, 0.29) is 6.10 Å². The van der Waals surface area contributed by atoms with Crippen LogP contribution in [-0.4, -0.2) is 12.6 Å². The highest BCUT2D eigenvalue weighted by molar-refractivity contribution is 5.27. The van der Waals surface area contributed by atoms with E-state index in [4.69, 9.17) is 4.74 Å². The van der Waals surface area contributed by atoms with E-state index >= 15 is 0 Å². The molecule has 0 amide bonds. The first-order valence-electron chi connectivity index (χ1n) is 5.29. The molecule has 0 bridgehead atoms. The Labute approximate surface area is 92.0 Å². The van der Waals surface area contributed by atoms with Crippen molar-refractivity contribution in [3.8, 4) is 5.75 Å². The highest BCUT2D eigenvalue weighted by Crippen LogP contribution is 2.13. The molecule has 0 radical (unpaired) electrons. The first-order chi connectivity index (χ1) is 7.22. The van der Waals surface area contributed by atoms with Crippen LogP contribution < -0.4 is 10.1 Å². The zero-order valence-corrected chi connectivity index (χ0v) is 9.49. The Balaban J connectivity index is 2.45. The smallest absolute Gasteiger partial charge is 0.119 e. The molecule has 0 aromatic heterocycles. The summed E-state index contributed by atoms with van der Waals surface area (Å²) in [6.45, 7) is 9.42. The van der Waals surface area contributed by atoms with E-state index in [2.05, 4.69) is 24.0 Å². The topological polar surface area (TPSA) is 21.3 Å². The molecular weight excluding hydrogens is 186 g/mol. The summed E-state index contributed by atoms with van der Waals surface area (Å²) in [7, 11) is 0. The monoisotopic (exact) mass is 205 g/mol. The van der Waals surface area contributed by atoms with Crippen molar-refractivity contribution < 1.29 is 4.74 Å². The van der Waals surface area contributed by atoms with Gasteiger partial charge in [-0.3, -0.25) is 0 Å². The number of rotatable bonds is 6. The summed E-state index contributed by atoms with van der Waals surface area (Å²) in [5, 5.41) is 3.25. The molecule has 0 unspecified atom stereocenters. The normalized spacial score (nSPS) is 10.3. The molecule has 1 aromatic carbocycles. The van der Waals surface area contributed by atoms with Crippen LogP contribution in [0.4, 0.5) is 0 Å². The minimum atomic E-state index is 0.231. The third kappa shape index (κ3) is 4.66. The predicted molar refractivity (Wildman–Crippen MR) is 64.1 cm³/mol. The summed E-state index contributed by atoms with van der Waals surface area (Å²) < 4.78 is 5.56. The van der Waals surface area contributed by atoms with Gasteiger partial charge in [0.25, 0.3) is 0 Å². The zero-order chi connectivity index (χ0) is 11.1. The van der Waals surface area contributed by atoms with E-state index in [1.807, 2.05) is 32.1 Å². The van der Waals surface area contributed by atoms with Gasteiger partial charge in [-0.05, 0) is 31.5 Å². The van der Waals surface area contributed by atoms with Crippen molar-refractivity contribution >= 4 is 0 Å². The van der Waals surface area contributed by atoms with Gasteiger partial charge in [-0.2, -0.15) is 0 Å². The summed E-state index contributed by atoms with van der Waals surface area (Å²) >= 11 is 0. The highest BCUT2D eigenvalue weighted by atomic mass is 16.5. The number of nitrogens with one attached hydrogen (secondary N) is 1. The summed E-state index contributed by atoms with van der Waals surface area (Å²) in [5.74, 6) is 0.928. The largest absolute Gasteiger partial charge is 0.491 e. The Hall–Kier alpha value is -1.28. The van der Waals surface area contributed by atoms with Crippen LogP contribution in [0.2, 0.25) is 0 Å². The van der Waals surface area contributed by atoms with Crippen molar-refractivity contribution in [2.75, 3.05) is 6.54 Å². The van der Waals surface area contributed by atoms with Crippen molar-refractivity contribution in [3.63, 3.8) is 0 Å². The fourth-order valence-corrected chi connectivity index (χ4v) is 1.28. The number of hydrogen-bond donors (Lipinski definition) is 1. The second kappa shape index (κ2) is 6.25. The lowest BCUT2D eigenvalue weighted by molar-refractivity contribution is 0.242. The molecule has 0 saturated carbocycles. The minimum absolute atomic E-state index is 0.231. The van der Waals surface area contributed by atoms with Crippen LogP contribution in [0, 0.1) is 0 Å². The third-order valence-electron chi connectivity index (χ3n) is 1.91. The maximum absolute atomic E-state index is 5.56. The summed E-state index contributed by atoms with van der Waals surface area (Å²) in [6, 6.07) is 8.16. The van der Waals surface area contributed by atoms with Crippen LogP contribution in [0.25, 0.3) is 0 Å². The van der Waals surface area contributed by atoms with Gasteiger partial charge in [-0.1, -0.05) is 18.2 Å². The predicted octanol–water partition coefficient (Wildman–Crippen LogP) is 2.75. The third-order valence-corrected chi connectivity index (χ3v) is 1.91. The average Bonchev–Trinajstić information content (AvgIpc) is 2.20. The molecule has 2 heteroatoms. The van der Waals surface area contributed by atoms with Gasteiger partial charge in [-0.15, -0.1) is 6.58 Å². The van der Waals surface area contributed by atoms with E-state index in [1.165, 1.54) is 5.56 Å². The summed E-state index contributed by atoms with van der Waals surface area (Å²) in [6.07, 6.45) is 2.09. The lowest BCUT2D eigenvalue weighted by atomic mass is 10.2. The molecule has 1 aromatic rings. The van der Waals surface area contributed by atoms with Crippen LogP contribution in [0.1, 0.15) is 19.4 Å². The van der Waals surface area contributed by atoms with Crippen molar-refractivity contribution in [3.05, 3.63) is 42.5 Å². The molecular formula is C13H19NO. The van der Waals surface area contributed by atoms with Crippen LogP contribution >= 0.6 is 0 Å². The average molecular weight is 205 g/mol. The van der Waals surface area contributed by atoms with E-state index < -0.39 is 0 Å². The Morgan fingerprint density at radius 3 is 2.53 bits per heavy atom. The van der Waals surface area contributed by atoms with Crippen molar-refractivity contribution in [1.29, 1.82) is 0 Å². The van der Waals surface area contributed by atoms with Crippen LogP contribution in [0.15, 0.2) is 36.9 Å². The second-order valence-electron chi connectivity index (χ2n) is 3.73. The fraction of sp³-hybridized carbons (Fsp3) is 0.385. The number of ether oxygens (including phenoxy) is 1. The molecule has 0 heterocycles. The van der Waals surface area contributed by atoms with Gasteiger partial charge in [0.2, 0.25) is 0 Å². The van der Waals surface area contributed by atoms with Crippen LogP contribution in [-0.2, 0) is 6.54 Å². The fourth-order valence-electron chi connectivity index (χ4n) is 1.28. The quantitative estimate of drug-likeness (QED) is 0.569. The molecule has 0 atom stereocenters. The highest BCUT2D eigenvalue weighted by Gasteiger charge is 1.97. The molecule has 0 saturated heterocycles. The van der Waals surface area contributed by atoms with E-state index in [0.29, 0.717) is 0 Å². The van der Waals surface area contributed by atoms with E-state index in [0.717, 1.165) is 18.8 Å². The number of benzene rings is 1. The molecule has 0 aliphatic heterocycles.